The fraction of sp³-hybridized carbons (Fsp3) is 0.353. The predicted octanol–water partition coefficient (Wildman–Crippen LogP) is 3.52. The third-order valence-corrected chi connectivity index (χ3v) is 4.86. The number of benzene rings is 1. The van der Waals surface area contributed by atoms with E-state index in [-0.39, 0.29) is 5.41 Å². The Labute approximate surface area is 128 Å². The van der Waals surface area contributed by atoms with Crippen molar-refractivity contribution in [2.75, 3.05) is 6.54 Å². The molecule has 0 fully saturated rings. The fourth-order valence-electron chi connectivity index (χ4n) is 3.16. The van der Waals surface area contributed by atoms with Crippen LogP contribution < -0.4 is 5.73 Å². The highest BCUT2D eigenvalue weighted by atomic mass is 79.9. The summed E-state index contributed by atoms with van der Waals surface area (Å²) in [6.45, 7) is 0.721. The first kappa shape index (κ1) is 13.8. The largest absolute Gasteiger partial charge is 0.330 e. The quantitative estimate of drug-likeness (QED) is 0.935. The Bertz CT molecular complexity index is 594. The molecule has 1 aromatic heterocycles. The van der Waals surface area contributed by atoms with Crippen molar-refractivity contribution in [3.8, 4) is 0 Å². The third-order valence-electron chi connectivity index (χ3n) is 4.39. The monoisotopic (exact) mass is 330 g/mol. The lowest BCUT2D eigenvalue weighted by molar-refractivity contribution is 0.251. The van der Waals surface area contributed by atoms with Gasteiger partial charge in [0.15, 0.2) is 0 Å². The molecule has 1 atom stereocenters. The molecule has 20 heavy (non-hydrogen) atoms. The van der Waals surface area contributed by atoms with E-state index in [1.807, 2.05) is 6.20 Å². The molecule has 1 aliphatic carbocycles. The van der Waals surface area contributed by atoms with Gasteiger partial charge in [-0.1, -0.05) is 24.3 Å². The van der Waals surface area contributed by atoms with Gasteiger partial charge in [0.2, 0.25) is 0 Å². The number of fused-ring (bicyclic) bond motifs is 1. The molecular formula is C17H19BrN2. The standard InChI is InChI=1S/C17H19BrN2/c18-15-5-6-16(20-11-15)10-17(12-19)8-7-13-3-1-2-4-14(13)9-17/h1-6,11H,7-10,12,19H2. The highest BCUT2D eigenvalue weighted by molar-refractivity contribution is 9.10. The lowest BCUT2D eigenvalue weighted by Crippen LogP contribution is -2.38. The first-order chi connectivity index (χ1) is 9.71. The summed E-state index contributed by atoms with van der Waals surface area (Å²) in [6.07, 6.45) is 6.18. The second-order valence-electron chi connectivity index (χ2n) is 5.79. The lowest BCUT2D eigenvalue weighted by Gasteiger charge is -2.37. The Morgan fingerprint density at radius 3 is 2.65 bits per heavy atom. The minimum absolute atomic E-state index is 0.162. The average Bonchev–Trinajstić information content (AvgIpc) is 2.49. The Hall–Kier alpha value is -1.19. The molecule has 3 heteroatoms. The number of hydrogen-bond donors (Lipinski definition) is 1. The molecule has 1 aliphatic rings. The molecule has 104 valence electrons. The number of nitrogens with zero attached hydrogens (tertiary/aromatic N) is 1. The van der Waals surface area contributed by atoms with Gasteiger partial charge in [-0.25, -0.2) is 0 Å². The van der Waals surface area contributed by atoms with E-state index >= 15 is 0 Å². The summed E-state index contributed by atoms with van der Waals surface area (Å²) in [7, 11) is 0. The van der Waals surface area contributed by atoms with E-state index in [9.17, 15) is 0 Å². The molecule has 0 saturated carbocycles. The smallest absolute Gasteiger partial charge is 0.0413 e. The first-order valence-electron chi connectivity index (χ1n) is 7.08. The molecule has 0 radical (unpaired) electrons. The van der Waals surface area contributed by atoms with E-state index in [1.54, 1.807) is 0 Å². The van der Waals surface area contributed by atoms with Crippen LogP contribution in [-0.4, -0.2) is 11.5 Å². The maximum absolute atomic E-state index is 6.14. The average molecular weight is 331 g/mol. The van der Waals surface area contributed by atoms with E-state index in [4.69, 9.17) is 5.73 Å². The minimum atomic E-state index is 0.162. The van der Waals surface area contributed by atoms with Crippen molar-refractivity contribution in [1.29, 1.82) is 0 Å². The highest BCUT2D eigenvalue weighted by Gasteiger charge is 2.33. The molecule has 0 amide bonds. The Balaban J connectivity index is 1.84. The van der Waals surface area contributed by atoms with Crippen molar-refractivity contribution in [2.45, 2.75) is 25.7 Å². The van der Waals surface area contributed by atoms with Crippen LogP contribution in [0.15, 0.2) is 47.1 Å². The fourth-order valence-corrected chi connectivity index (χ4v) is 3.39. The summed E-state index contributed by atoms with van der Waals surface area (Å²) in [5.74, 6) is 0. The zero-order valence-electron chi connectivity index (χ0n) is 11.5. The second kappa shape index (κ2) is 5.66. The van der Waals surface area contributed by atoms with Crippen LogP contribution in [0.3, 0.4) is 0 Å². The summed E-state index contributed by atoms with van der Waals surface area (Å²) in [6, 6.07) is 12.9. The predicted molar refractivity (Wildman–Crippen MR) is 85.6 cm³/mol. The number of pyridine rings is 1. The Morgan fingerprint density at radius 2 is 1.95 bits per heavy atom. The van der Waals surface area contributed by atoms with Gasteiger partial charge in [-0.15, -0.1) is 0 Å². The van der Waals surface area contributed by atoms with Crippen LogP contribution in [0.2, 0.25) is 0 Å². The topological polar surface area (TPSA) is 38.9 Å². The Morgan fingerprint density at radius 1 is 1.15 bits per heavy atom. The molecule has 0 aliphatic heterocycles. The molecule has 2 aromatic rings. The van der Waals surface area contributed by atoms with Gasteiger partial charge in [-0.3, -0.25) is 4.98 Å². The molecule has 0 bridgehead atoms. The van der Waals surface area contributed by atoms with Gasteiger partial charge in [0.05, 0.1) is 0 Å². The Kier molecular flexibility index (Phi) is 3.90. The van der Waals surface area contributed by atoms with Crippen LogP contribution >= 0.6 is 15.9 Å². The molecular weight excluding hydrogens is 312 g/mol. The summed E-state index contributed by atoms with van der Waals surface area (Å²) in [5.41, 5.74) is 10.4. The molecule has 2 nitrogen and oxygen atoms in total. The molecule has 2 N–H and O–H groups in total. The molecule has 3 rings (SSSR count). The minimum Gasteiger partial charge on any atom is -0.330 e. The highest BCUT2D eigenvalue weighted by Crippen LogP contribution is 2.37. The summed E-state index contributed by atoms with van der Waals surface area (Å²) in [5, 5.41) is 0. The van der Waals surface area contributed by atoms with E-state index in [0.29, 0.717) is 0 Å². The summed E-state index contributed by atoms with van der Waals surface area (Å²) >= 11 is 3.44. The summed E-state index contributed by atoms with van der Waals surface area (Å²) in [4.78, 5) is 4.52. The lowest BCUT2D eigenvalue weighted by atomic mass is 9.69. The van der Waals surface area contributed by atoms with Crippen LogP contribution in [0.4, 0.5) is 0 Å². The second-order valence-corrected chi connectivity index (χ2v) is 6.71. The van der Waals surface area contributed by atoms with Gasteiger partial charge in [-0.05, 0) is 76.8 Å². The van der Waals surface area contributed by atoms with Crippen LogP contribution in [0, 0.1) is 5.41 Å². The van der Waals surface area contributed by atoms with Gasteiger partial charge >= 0.3 is 0 Å². The van der Waals surface area contributed by atoms with Crippen molar-refractivity contribution in [3.63, 3.8) is 0 Å². The molecule has 0 saturated heterocycles. The van der Waals surface area contributed by atoms with Gasteiger partial charge in [0, 0.05) is 16.4 Å². The van der Waals surface area contributed by atoms with Crippen molar-refractivity contribution >= 4 is 15.9 Å². The number of aromatic nitrogens is 1. The van der Waals surface area contributed by atoms with Crippen LogP contribution in [-0.2, 0) is 19.3 Å². The zero-order chi connectivity index (χ0) is 14.0. The van der Waals surface area contributed by atoms with Gasteiger partial charge in [0.1, 0.15) is 0 Å². The van der Waals surface area contributed by atoms with Gasteiger partial charge in [-0.2, -0.15) is 0 Å². The van der Waals surface area contributed by atoms with Crippen LogP contribution in [0.1, 0.15) is 23.2 Å². The third kappa shape index (κ3) is 2.79. The first-order valence-corrected chi connectivity index (χ1v) is 7.87. The van der Waals surface area contributed by atoms with E-state index in [2.05, 4.69) is 57.3 Å². The van der Waals surface area contributed by atoms with Crippen LogP contribution in [0.5, 0.6) is 0 Å². The van der Waals surface area contributed by atoms with E-state index in [1.165, 1.54) is 11.1 Å². The molecule has 1 heterocycles. The normalized spacial score (nSPS) is 21.5. The number of nitrogens with two attached hydrogens (primary N) is 1. The van der Waals surface area contributed by atoms with Crippen LogP contribution in [0.25, 0.3) is 0 Å². The number of aryl methyl sites for hydroxylation is 1. The van der Waals surface area contributed by atoms with Crippen molar-refractivity contribution in [3.05, 3.63) is 63.9 Å². The summed E-state index contributed by atoms with van der Waals surface area (Å²) < 4.78 is 1.03. The van der Waals surface area contributed by atoms with Gasteiger partial charge < -0.3 is 5.73 Å². The van der Waals surface area contributed by atoms with Gasteiger partial charge in [0.25, 0.3) is 0 Å². The van der Waals surface area contributed by atoms with Crippen molar-refractivity contribution in [1.82, 2.24) is 4.98 Å². The SMILES string of the molecule is NCC1(Cc2ccc(Br)cn2)CCc2ccccc2C1. The molecule has 0 spiro atoms. The van der Waals surface area contributed by atoms with Crippen molar-refractivity contribution in [2.24, 2.45) is 11.1 Å². The maximum Gasteiger partial charge on any atom is 0.0413 e. The molecule has 1 aromatic carbocycles. The number of rotatable bonds is 3. The number of hydrogen-bond acceptors (Lipinski definition) is 2. The van der Waals surface area contributed by atoms with Crippen molar-refractivity contribution < 1.29 is 0 Å². The number of halogens is 1. The van der Waals surface area contributed by atoms with E-state index in [0.717, 1.165) is 42.4 Å². The maximum atomic E-state index is 6.14. The zero-order valence-corrected chi connectivity index (χ0v) is 13.1. The van der Waals surface area contributed by atoms with E-state index < -0.39 is 0 Å². The molecule has 1 unspecified atom stereocenters.